The first-order valence-corrected chi connectivity index (χ1v) is 11.8. The predicted octanol–water partition coefficient (Wildman–Crippen LogP) is 7.84. The van der Waals surface area contributed by atoms with Crippen LogP contribution in [0.5, 0.6) is 0 Å². The average Bonchev–Trinajstić information content (AvgIpc) is 3.40. The lowest BCUT2D eigenvalue weighted by molar-refractivity contribution is -0.275. The van der Waals surface area contributed by atoms with E-state index in [1.54, 1.807) is 28.8 Å². The largest absolute Gasteiger partial charge is 0.435 e. The maximum atomic E-state index is 14.2. The Morgan fingerprint density at radius 3 is 2.28 bits per heavy atom. The van der Waals surface area contributed by atoms with Crippen molar-refractivity contribution >= 4 is 45.7 Å². The van der Waals surface area contributed by atoms with Gasteiger partial charge in [0.1, 0.15) is 0 Å². The van der Waals surface area contributed by atoms with E-state index in [9.17, 15) is 18.0 Å². The first-order valence-electron chi connectivity index (χ1n) is 11.0. The summed E-state index contributed by atoms with van der Waals surface area (Å²) in [6.07, 6.45) is -5.35. The Balaban J connectivity index is 1.46. The van der Waals surface area contributed by atoms with Crippen LogP contribution in [0, 0.1) is 13.8 Å². The summed E-state index contributed by atoms with van der Waals surface area (Å²) in [5, 5.41) is 4.88. The van der Waals surface area contributed by atoms with Crippen LogP contribution < -0.4 is 0 Å². The number of carbonyl (C=O) groups is 1. The number of benzene rings is 3. The molecule has 0 spiro atoms. The standard InChI is InChI=1S/C27H19Cl2F3N2O2/c1-15-16(2)34(24-6-4-3-5-22(15)24)25(35)18-9-7-17(8-10-18)23-14-26(36-33-23,27(30,31)32)19-11-20(28)13-21(29)12-19/h3-13H,14H2,1-2H3. The first kappa shape index (κ1) is 24.4. The Morgan fingerprint density at radius 2 is 1.64 bits per heavy atom. The Labute approximate surface area is 214 Å². The molecule has 1 aliphatic rings. The number of para-hydroxylation sites is 1. The quantitative estimate of drug-likeness (QED) is 0.270. The minimum Gasteiger partial charge on any atom is -0.374 e. The molecule has 0 fully saturated rings. The van der Waals surface area contributed by atoms with E-state index in [0.29, 0.717) is 11.1 Å². The van der Waals surface area contributed by atoms with Gasteiger partial charge in [-0.25, -0.2) is 0 Å². The summed E-state index contributed by atoms with van der Waals surface area (Å²) >= 11 is 11.9. The number of fused-ring (bicyclic) bond motifs is 1. The molecule has 5 rings (SSSR count). The number of alkyl halides is 3. The lowest BCUT2D eigenvalue weighted by Crippen LogP contribution is -2.42. The van der Waals surface area contributed by atoms with Gasteiger partial charge in [-0.1, -0.05) is 58.7 Å². The summed E-state index contributed by atoms with van der Waals surface area (Å²) in [5.74, 6) is -0.230. The van der Waals surface area contributed by atoms with Gasteiger partial charge in [-0.3, -0.25) is 9.36 Å². The van der Waals surface area contributed by atoms with Crippen molar-refractivity contribution in [3.63, 3.8) is 0 Å². The number of oxime groups is 1. The lowest BCUT2D eigenvalue weighted by atomic mass is 9.86. The van der Waals surface area contributed by atoms with E-state index in [2.05, 4.69) is 5.16 Å². The van der Waals surface area contributed by atoms with Crippen LogP contribution in [0.15, 0.2) is 71.9 Å². The summed E-state index contributed by atoms with van der Waals surface area (Å²) < 4.78 is 44.4. The minimum absolute atomic E-state index is 0.0594. The fourth-order valence-corrected chi connectivity index (χ4v) is 5.10. The molecule has 2 heterocycles. The first-order chi connectivity index (χ1) is 17.0. The molecular formula is C27H19Cl2F3N2O2. The van der Waals surface area contributed by atoms with Crippen molar-refractivity contribution in [1.29, 1.82) is 0 Å². The second-order valence-electron chi connectivity index (χ2n) is 8.73. The van der Waals surface area contributed by atoms with Gasteiger partial charge in [0, 0.05) is 38.7 Å². The summed E-state index contributed by atoms with van der Waals surface area (Å²) in [4.78, 5) is 18.4. The van der Waals surface area contributed by atoms with Crippen molar-refractivity contribution in [2.24, 2.45) is 5.16 Å². The predicted molar refractivity (Wildman–Crippen MR) is 134 cm³/mol. The van der Waals surface area contributed by atoms with Crippen LogP contribution in [0.4, 0.5) is 13.2 Å². The van der Waals surface area contributed by atoms with Crippen LogP contribution in [0.1, 0.15) is 39.2 Å². The zero-order valence-corrected chi connectivity index (χ0v) is 20.7. The van der Waals surface area contributed by atoms with Crippen molar-refractivity contribution in [3.05, 3.63) is 105 Å². The molecule has 4 aromatic rings. The van der Waals surface area contributed by atoms with Gasteiger partial charge in [0.2, 0.25) is 0 Å². The Bertz CT molecular complexity index is 1520. The molecule has 1 aliphatic heterocycles. The second-order valence-corrected chi connectivity index (χ2v) is 9.61. The molecule has 1 unspecified atom stereocenters. The topological polar surface area (TPSA) is 43.6 Å². The maximum Gasteiger partial charge on any atom is 0.435 e. The van der Waals surface area contributed by atoms with E-state index in [0.717, 1.165) is 22.2 Å². The number of hydrogen-bond acceptors (Lipinski definition) is 3. The zero-order valence-electron chi connectivity index (χ0n) is 19.2. The highest BCUT2D eigenvalue weighted by atomic mass is 35.5. The molecule has 0 amide bonds. The third-order valence-corrected chi connectivity index (χ3v) is 7.05. The number of halogens is 5. The van der Waals surface area contributed by atoms with Gasteiger partial charge >= 0.3 is 6.18 Å². The van der Waals surface area contributed by atoms with Crippen LogP contribution in [0.25, 0.3) is 10.9 Å². The SMILES string of the molecule is Cc1c(C)n(C(=O)c2ccc(C3=NOC(c4cc(Cl)cc(Cl)c4)(C(F)(F)F)C3)cc2)c2ccccc12. The molecule has 1 atom stereocenters. The molecule has 1 aromatic heterocycles. The molecule has 3 aromatic carbocycles. The second kappa shape index (κ2) is 8.68. The Hall–Kier alpha value is -3.29. The van der Waals surface area contributed by atoms with Crippen molar-refractivity contribution in [2.45, 2.75) is 32.0 Å². The van der Waals surface area contributed by atoms with Gasteiger partial charge in [0.15, 0.2) is 0 Å². The minimum atomic E-state index is -4.78. The van der Waals surface area contributed by atoms with Gasteiger partial charge in [-0.05, 0) is 61.4 Å². The lowest BCUT2D eigenvalue weighted by Gasteiger charge is -2.29. The third-order valence-electron chi connectivity index (χ3n) is 6.61. The summed E-state index contributed by atoms with van der Waals surface area (Å²) in [7, 11) is 0. The molecule has 0 saturated carbocycles. The van der Waals surface area contributed by atoms with Crippen LogP contribution in [-0.4, -0.2) is 22.4 Å². The van der Waals surface area contributed by atoms with E-state index in [1.807, 2.05) is 38.1 Å². The van der Waals surface area contributed by atoms with E-state index in [1.165, 1.54) is 18.2 Å². The summed E-state index contributed by atoms with van der Waals surface area (Å²) in [5.41, 5.74) is 0.590. The number of hydrogen-bond donors (Lipinski definition) is 0. The van der Waals surface area contributed by atoms with E-state index in [4.69, 9.17) is 28.0 Å². The molecule has 0 N–H and O–H groups in total. The number of aryl methyl sites for hydroxylation is 1. The highest BCUT2D eigenvalue weighted by Crippen LogP contribution is 2.49. The highest BCUT2D eigenvalue weighted by Gasteiger charge is 2.62. The van der Waals surface area contributed by atoms with Crippen LogP contribution in [-0.2, 0) is 10.4 Å². The fourth-order valence-electron chi connectivity index (χ4n) is 4.57. The highest BCUT2D eigenvalue weighted by molar-refractivity contribution is 6.34. The van der Waals surface area contributed by atoms with Gasteiger partial charge in [-0.2, -0.15) is 13.2 Å². The van der Waals surface area contributed by atoms with Gasteiger partial charge < -0.3 is 4.84 Å². The molecule has 9 heteroatoms. The van der Waals surface area contributed by atoms with E-state index < -0.39 is 18.2 Å². The van der Waals surface area contributed by atoms with Crippen molar-refractivity contribution in [3.8, 4) is 0 Å². The molecular weight excluding hydrogens is 512 g/mol. The third kappa shape index (κ3) is 3.87. The number of nitrogens with zero attached hydrogens (tertiary/aromatic N) is 2. The van der Waals surface area contributed by atoms with E-state index >= 15 is 0 Å². The number of carbonyl (C=O) groups excluding carboxylic acids is 1. The monoisotopic (exact) mass is 530 g/mol. The maximum absolute atomic E-state index is 14.2. The molecule has 36 heavy (non-hydrogen) atoms. The Morgan fingerprint density at radius 1 is 1.00 bits per heavy atom. The number of aromatic nitrogens is 1. The van der Waals surface area contributed by atoms with Crippen molar-refractivity contribution < 1.29 is 22.8 Å². The molecule has 0 radical (unpaired) electrons. The van der Waals surface area contributed by atoms with Gasteiger partial charge in [0.25, 0.3) is 11.5 Å². The normalized spacial score (nSPS) is 17.8. The summed E-state index contributed by atoms with van der Waals surface area (Å²) in [6, 6.07) is 17.6. The molecule has 4 nitrogen and oxygen atoms in total. The van der Waals surface area contributed by atoms with Crippen LogP contribution in [0.3, 0.4) is 0 Å². The van der Waals surface area contributed by atoms with E-state index in [-0.39, 0.29) is 27.2 Å². The van der Waals surface area contributed by atoms with Gasteiger partial charge in [0.05, 0.1) is 11.2 Å². The fraction of sp³-hybridized carbons (Fsp3) is 0.185. The molecule has 0 bridgehead atoms. The smallest absolute Gasteiger partial charge is 0.374 e. The Kier molecular flexibility index (Phi) is 5.88. The van der Waals surface area contributed by atoms with Crippen molar-refractivity contribution in [1.82, 2.24) is 4.57 Å². The molecule has 184 valence electrons. The average molecular weight is 531 g/mol. The van der Waals surface area contributed by atoms with Crippen LogP contribution in [0.2, 0.25) is 10.0 Å². The molecule has 0 aliphatic carbocycles. The van der Waals surface area contributed by atoms with Crippen molar-refractivity contribution in [2.75, 3.05) is 0 Å². The zero-order chi connectivity index (χ0) is 25.8. The van der Waals surface area contributed by atoms with Crippen LogP contribution >= 0.6 is 23.2 Å². The summed E-state index contributed by atoms with van der Waals surface area (Å²) in [6.45, 7) is 3.84. The van der Waals surface area contributed by atoms with Gasteiger partial charge in [-0.15, -0.1) is 0 Å². The molecule has 0 saturated heterocycles. The number of rotatable bonds is 3.